The minimum absolute atomic E-state index is 0.0491. The van der Waals surface area contributed by atoms with Crippen molar-refractivity contribution in [2.75, 3.05) is 26.2 Å². The molecule has 2 aliphatic heterocycles. The summed E-state index contributed by atoms with van der Waals surface area (Å²) < 4.78 is 19.6. The number of likely N-dealkylation sites (tertiary alicyclic amines) is 1. The highest BCUT2D eigenvalue weighted by atomic mass is 19.1. The molecule has 2 heterocycles. The zero-order valence-electron chi connectivity index (χ0n) is 19.6. The van der Waals surface area contributed by atoms with Crippen LogP contribution in [0, 0.1) is 17.2 Å². The molecule has 2 saturated heterocycles. The molecule has 8 heteroatoms. The molecule has 1 aromatic carbocycles. The number of ether oxygens (including phenoxy) is 1. The number of carbonyl (C=O) groups excluding carboxylic acids is 3. The first kappa shape index (κ1) is 24.2. The van der Waals surface area contributed by atoms with Gasteiger partial charge in [-0.15, -0.1) is 0 Å². The molecule has 1 atom stereocenters. The number of rotatable bonds is 4. The summed E-state index contributed by atoms with van der Waals surface area (Å²) in [5, 5.41) is 2.90. The van der Waals surface area contributed by atoms with Gasteiger partial charge in [0.1, 0.15) is 17.6 Å². The fourth-order valence-corrected chi connectivity index (χ4v) is 4.25. The maximum absolute atomic E-state index is 13.5. The maximum atomic E-state index is 13.5. The standard InChI is InChI=1S/C24H34FN3O4/c1-16(2)14-26-20(29)19-15-32-24(10-12-27(13-11-24)22(31)23(3,4)5)28(19)21(30)17-6-8-18(25)9-7-17/h6-9,16,19H,10-15H2,1-5H3,(H,26,29). The van der Waals surface area contributed by atoms with Gasteiger partial charge < -0.3 is 15.0 Å². The molecule has 1 aromatic rings. The van der Waals surface area contributed by atoms with E-state index in [1.807, 2.05) is 34.6 Å². The number of amides is 3. The molecule has 3 amide bonds. The Balaban J connectivity index is 1.86. The Kier molecular flexibility index (Phi) is 6.93. The largest absolute Gasteiger partial charge is 0.354 e. The van der Waals surface area contributed by atoms with E-state index in [9.17, 15) is 18.8 Å². The van der Waals surface area contributed by atoms with Crippen LogP contribution < -0.4 is 5.32 Å². The second kappa shape index (κ2) is 9.17. The van der Waals surface area contributed by atoms with Crippen molar-refractivity contribution in [2.45, 2.75) is 59.2 Å². The van der Waals surface area contributed by atoms with Gasteiger partial charge in [0, 0.05) is 43.5 Å². The predicted molar refractivity (Wildman–Crippen MR) is 118 cm³/mol. The number of nitrogens with one attached hydrogen (secondary N) is 1. The quantitative estimate of drug-likeness (QED) is 0.770. The third-order valence-electron chi connectivity index (χ3n) is 6.03. The normalized spacial score (nSPS) is 20.7. The van der Waals surface area contributed by atoms with E-state index in [4.69, 9.17) is 4.74 Å². The van der Waals surface area contributed by atoms with Crippen molar-refractivity contribution >= 4 is 17.7 Å². The van der Waals surface area contributed by atoms with E-state index in [1.54, 1.807) is 4.90 Å². The van der Waals surface area contributed by atoms with E-state index in [2.05, 4.69) is 5.32 Å². The van der Waals surface area contributed by atoms with Crippen LogP contribution in [0.5, 0.6) is 0 Å². The van der Waals surface area contributed by atoms with Gasteiger partial charge in [0.25, 0.3) is 5.91 Å². The molecule has 1 unspecified atom stereocenters. The minimum Gasteiger partial charge on any atom is -0.354 e. The molecule has 7 nitrogen and oxygen atoms in total. The molecule has 2 fully saturated rings. The van der Waals surface area contributed by atoms with E-state index in [0.29, 0.717) is 38.0 Å². The number of hydrogen-bond acceptors (Lipinski definition) is 4. The summed E-state index contributed by atoms with van der Waals surface area (Å²) in [7, 11) is 0. The van der Waals surface area contributed by atoms with Gasteiger partial charge in [-0.2, -0.15) is 0 Å². The van der Waals surface area contributed by atoms with Gasteiger partial charge in [-0.1, -0.05) is 34.6 Å². The molecule has 32 heavy (non-hydrogen) atoms. The average Bonchev–Trinajstić information content (AvgIpc) is 3.10. The molecule has 0 aliphatic carbocycles. The monoisotopic (exact) mass is 447 g/mol. The molecule has 1 spiro atoms. The van der Waals surface area contributed by atoms with E-state index < -0.39 is 23.0 Å². The third kappa shape index (κ3) is 4.95. The summed E-state index contributed by atoms with van der Waals surface area (Å²) >= 11 is 0. The number of benzene rings is 1. The maximum Gasteiger partial charge on any atom is 0.256 e. The van der Waals surface area contributed by atoms with Gasteiger partial charge in [-0.05, 0) is 30.2 Å². The highest BCUT2D eigenvalue weighted by molar-refractivity contribution is 5.98. The summed E-state index contributed by atoms with van der Waals surface area (Å²) in [5.74, 6) is -0.757. The molecular weight excluding hydrogens is 413 g/mol. The van der Waals surface area contributed by atoms with Crippen LogP contribution in [0.2, 0.25) is 0 Å². The van der Waals surface area contributed by atoms with Crippen LogP contribution in [-0.2, 0) is 14.3 Å². The average molecular weight is 448 g/mol. The Morgan fingerprint density at radius 1 is 1.16 bits per heavy atom. The smallest absolute Gasteiger partial charge is 0.256 e. The number of hydrogen-bond donors (Lipinski definition) is 1. The lowest BCUT2D eigenvalue weighted by Crippen LogP contribution is -2.60. The number of carbonyl (C=O) groups is 3. The predicted octanol–water partition coefficient (Wildman–Crippen LogP) is 2.80. The molecular formula is C24H34FN3O4. The molecule has 1 N–H and O–H groups in total. The van der Waals surface area contributed by atoms with Gasteiger partial charge in [0.15, 0.2) is 0 Å². The second-order valence-electron chi connectivity index (χ2n) is 10.1. The first-order valence-corrected chi connectivity index (χ1v) is 11.2. The lowest BCUT2D eigenvalue weighted by atomic mass is 9.91. The van der Waals surface area contributed by atoms with Crippen LogP contribution in [-0.4, -0.2) is 65.5 Å². The Hall–Kier alpha value is -2.48. The van der Waals surface area contributed by atoms with E-state index >= 15 is 0 Å². The zero-order chi connectivity index (χ0) is 23.7. The van der Waals surface area contributed by atoms with E-state index in [0.717, 1.165) is 0 Å². The fourth-order valence-electron chi connectivity index (χ4n) is 4.25. The Morgan fingerprint density at radius 2 is 1.75 bits per heavy atom. The van der Waals surface area contributed by atoms with Gasteiger partial charge >= 0.3 is 0 Å². The molecule has 0 saturated carbocycles. The first-order chi connectivity index (χ1) is 14.9. The third-order valence-corrected chi connectivity index (χ3v) is 6.03. The van der Waals surface area contributed by atoms with Crippen LogP contribution in [0.1, 0.15) is 57.8 Å². The van der Waals surface area contributed by atoms with Gasteiger partial charge in [0.2, 0.25) is 11.8 Å². The summed E-state index contributed by atoms with van der Waals surface area (Å²) in [6, 6.07) is 4.52. The fraction of sp³-hybridized carbons (Fsp3) is 0.625. The SMILES string of the molecule is CC(C)CNC(=O)C1COC2(CCN(C(=O)C(C)(C)C)CC2)N1C(=O)c1ccc(F)cc1. The van der Waals surface area contributed by atoms with Crippen LogP contribution in [0.25, 0.3) is 0 Å². The van der Waals surface area contributed by atoms with Crippen LogP contribution in [0.15, 0.2) is 24.3 Å². The molecule has 0 aromatic heterocycles. The van der Waals surface area contributed by atoms with Crippen molar-refractivity contribution in [1.29, 1.82) is 0 Å². The van der Waals surface area contributed by atoms with Crippen LogP contribution in [0.3, 0.4) is 0 Å². The van der Waals surface area contributed by atoms with Crippen LogP contribution in [0.4, 0.5) is 4.39 Å². The Morgan fingerprint density at radius 3 is 2.28 bits per heavy atom. The van der Waals surface area contributed by atoms with Gasteiger partial charge in [-0.3, -0.25) is 19.3 Å². The Bertz CT molecular complexity index is 855. The van der Waals surface area contributed by atoms with Crippen molar-refractivity contribution in [2.24, 2.45) is 11.3 Å². The summed E-state index contributed by atoms with van der Waals surface area (Å²) in [6.07, 6.45) is 0.825. The highest BCUT2D eigenvalue weighted by Gasteiger charge is 2.54. The summed E-state index contributed by atoms with van der Waals surface area (Å²) in [4.78, 5) is 42.5. The lowest BCUT2D eigenvalue weighted by molar-refractivity contribution is -0.150. The molecule has 176 valence electrons. The van der Waals surface area contributed by atoms with Gasteiger partial charge in [0.05, 0.1) is 6.61 Å². The number of halogens is 1. The van der Waals surface area contributed by atoms with E-state index in [-0.39, 0.29) is 30.2 Å². The number of nitrogens with zero attached hydrogens (tertiary/aromatic N) is 2. The van der Waals surface area contributed by atoms with E-state index in [1.165, 1.54) is 29.2 Å². The highest BCUT2D eigenvalue weighted by Crippen LogP contribution is 2.39. The second-order valence-corrected chi connectivity index (χ2v) is 10.1. The van der Waals surface area contributed by atoms with Crippen molar-refractivity contribution in [1.82, 2.24) is 15.1 Å². The van der Waals surface area contributed by atoms with Crippen molar-refractivity contribution in [3.05, 3.63) is 35.6 Å². The van der Waals surface area contributed by atoms with Crippen molar-refractivity contribution in [3.63, 3.8) is 0 Å². The molecule has 3 rings (SSSR count). The molecule has 0 radical (unpaired) electrons. The summed E-state index contributed by atoms with van der Waals surface area (Å²) in [6.45, 7) is 11.1. The lowest BCUT2D eigenvalue weighted by Gasteiger charge is -2.45. The first-order valence-electron chi connectivity index (χ1n) is 11.2. The Labute approximate surface area is 189 Å². The van der Waals surface area contributed by atoms with Crippen molar-refractivity contribution in [3.8, 4) is 0 Å². The summed E-state index contributed by atoms with van der Waals surface area (Å²) in [5.41, 5.74) is -1.17. The topological polar surface area (TPSA) is 79.0 Å². The van der Waals surface area contributed by atoms with Gasteiger partial charge in [-0.25, -0.2) is 4.39 Å². The molecule has 0 bridgehead atoms. The van der Waals surface area contributed by atoms with Crippen LogP contribution >= 0.6 is 0 Å². The minimum atomic E-state index is -0.972. The van der Waals surface area contributed by atoms with Crippen molar-refractivity contribution < 1.29 is 23.5 Å². The zero-order valence-corrected chi connectivity index (χ0v) is 19.6. The molecule has 2 aliphatic rings. The number of piperidine rings is 1.